The van der Waals surface area contributed by atoms with Crippen molar-refractivity contribution in [3.05, 3.63) is 92.9 Å². The lowest BCUT2D eigenvalue weighted by Crippen LogP contribution is -2.16. The second-order valence-corrected chi connectivity index (χ2v) is 10.2. The lowest BCUT2D eigenvalue weighted by Gasteiger charge is -2.16. The van der Waals surface area contributed by atoms with Gasteiger partial charge in [-0.15, -0.1) is 11.3 Å². The molecule has 0 atom stereocenters. The fraction of sp³-hybridized carbons (Fsp3) is 0.115. The van der Waals surface area contributed by atoms with Crippen molar-refractivity contribution < 1.29 is 18.0 Å². The molecule has 1 heterocycles. The van der Waals surface area contributed by atoms with Crippen molar-refractivity contribution in [2.75, 3.05) is 16.4 Å². The number of thiazole rings is 1. The Morgan fingerprint density at radius 3 is 2.51 bits per heavy atom. The van der Waals surface area contributed by atoms with Crippen LogP contribution in [-0.4, -0.2) is 16.6 Å². The summed E-state index contributed by atoms with van der Waals surface area (Å²) in [6, 6.07) is 19.5. The van der Waals surface area contributed by atoms with E-state index >= 15 is 0 Å². The number of nitrogens with one attached hydrogen (secondary N) is 2. The van der Waals surface area contributed by atoms with E-state index in [0.29, 0.717) is 16.2 Å². The second-order valence-electron chi connectivity index (χ2n) is 7.77. The molecule has 3 aromatic carbocycles. The summed E-state index contributed by atoms with van der Waals surface area (Å²) < 4.78 is 40.8. The second kappa shape index (κ2) is 11.3. The monoisotopic (exact) mass is 558 g/mol. The Labute approximate surface area is 224 Å². The van der Waals surface area contributed by atoms with E-state index < -0.39 is 11.7 Å². The van der Waals surface area contributed by atoms with Crippen LogP contribution in [0, 0.1) is 18.3 Å². The van der Waals surface area contributed by atoms with Crippen LogP contribution >= 0.6 is 34.7 Å². The number of alkyl halides is 3. The van der Waals surface area contributed by atoms with E-state index in [2.05, 4.69) is 21.7 Å². The largest absolute Gasteiger partial charge is 0.416 e. The molecule has 0 saturated heterocycles. The SMILES string of the molecule is Cc1ccccc1NC(=O)CS/C(Nc1cc(C(F)(F)F)ccc1Cl)=C(\C#N)c1nc2ccccc2s1. The molecule has 0 spiro atoms. The van der Waals surface area contributed by atoms with Crippen LogP contribution in [0.1, 0.15) is 16.1 Å². The maximum Gasteiger partial charge on any atom is 0.416 e. The fourth-order valence-corrected chi connectivity index (χ4v) is 5.32. The van der Waals surface area contributed by atoms with Crippen molar-refractivity contribution in [1.29, 1.82) is 5.26 Å². The summed E-state index contributed by atoms with van der Waals surface area (Å²) in [5.74, 6) is -0.473. The molecule has 0 fully saturated rings. The van der Waals surface area contributed by atoms with Crippen LogP contribution in [0.5, 0.6) is 0 Å². The number of aryl methyl sites for hydroxylation is 1. The minimum Gasteiger partial charge on any atom is -0.348 e. The molecular formula is C26H18ClF3N4OS2. The molecule has 0 bridgehead atoms. The average Bonchev–Trinajstić information content (AvgIpc) is 3.28. The van der Waals surface area contributed by atoms with Crippen molar-refractivity contribution in [2.45, 2.75) is 13.1 Å². The van der Waals surface area contributed by atoms with Gasteiger partial charge >= 0.3 is 6.18 Å². The first-order valence-corrected chi connectivity index (χ1v) is 13.0. The van der Waals surface area contributed by atoms with Crippen LogP contribution in [0.4, 0.5) is 24.5 Å². The summed E-state index contributed by atoms with van der Waals surface area (Å²) in [5, 5.41) is 16.2. The molecule has 1 aromatic heterocycles. The molecule has 188 valence electrons. The molecular weight excluding hydrogens is 541 g/mol. The minimum atomic E-state index is -4.59. The quantitative estimate of drug-likeness (QED) is 0.225. The highest BCUT2D eigenvalue weighted by molar-refractivity contribution is 8.04. The first kappa shape index (κ1) is 26.5. The molecule has 5 nitrogen and oxygen atoms in total. The van der Waals surface area contributed by atoms with E-state index in [0.717, 1.165) is 40.2 Å². The number of carbonyl (C=O) groups is 1. The van der Waals surface area contributed by atoms with Gasteiger partial charge in [0.15, 0.2) is 0 Å². The van der Waals surface area contributed by atoms with Crippen LogP contribution in [-0.2, 0) is 11.0 Å². The molecule has 37 heavy (non-hydrogen) atoms. The zero-order chi connectivity index (χ0) is 26.6. The van der Waals surface area contributed by atoms with Crippen molar-refractivity contribution in [2.24, 2.45) is 0 Å². The predicted octanol–water partition coefficient (Wildman–Crippen LogP) is 7.95. The predicted molar refractivity (Wildman–Crippen MR) is 144 cm³/mol. The Hall–Kier alpha value is -3.52. The van der Waals surface area contributed by atoms with Crippen LogP contribution < -0.4 is 10.6 Å². The number of thioether (sulfide) groups is 1. The third kappa shape index (κ3) is 6.43. The number of rotatable bonds is 7. The Morgan fingerprint density at radius 2 is 1.81 bits per heavy atom. The highest BCUT2D eigenvalue weighted by atomic mass is 35.5. The first-order chi connectivity index (χ1) is 17.7. The summed E-state index contributed by atoms with van der Waals surface area (Å²) in [4.78, 5) is 17.2. The molecule has 2 N–H and O–H groups in total. The summed E-state index contributed by atoms with van der Waals surface area (Å²) in [7, 11) is 0. The topological polar surface area (TPSA) is 77.8 Å². The maximum absolute atomic E-state index is 13.3. The molecule has 0 aliphatic carbocycles. The van der Waals surface area contributed by atoms with E-state index in [1.165, 1.54) is 11.3 Å². The van der Waals surface area contributed by atoms with Gasteiger partial charge in [-0.1, -0.05) is 53.7 Å². The fourth-order valence-electron chi connectivity index (χ4n) is 3.30. The number of hydrogen-bond donors (Lipinski definition) is 2. The number of fused-ring (bicyclic) bond motifs is 1. The Kier molecular flexibility index (Phi) is 8.07. The van der Waals surface area contributed by atoms with E-state index in [1.807, 2.05) is 37.3 Å². The highest BCUT2D eigenvalue weighted by Gasteiger charge is 2.31. The number of benzene rings is 3. The molecule has 0 radical (unpaired) electrons. The van der Waals surface area contributed by atoms with E-state index in [1.54, 1.807) is 18.2 Å². The maximum atomic E-state index is 13.3. The van der Waals surface area contributed by atoms with Gasteiger partial charge in [-0.05, 0) is 48.9 Å². The lowest BCUT2D eigenvalue weighted by atomic mass is 10.2. The van der Waals surface area contributed by atoms with Gasteiger partial charge in [0.25, 0.3) is 0 Å². The van der Waals surface area contributed by atoms with Crippen LogP contribution in [0.25, 0.3) is 15.8 Å². The zero-order valence-electron chi connectivity index (χ0n) is 19.2. The Balaban J connectivity index is 1.70. The molecule has 11 heteroatoms. The van der Waals surface area contributed by atoms with Crippen molar-refractivity contribution in [3.63, 3.8) is 0 Å². The highest BCUT2D eigenvalue weighted by Crippen LogP contribution is 2.37. The summed E-state index contributed by atoms with van der Waals surface area (Å²) in [6.07, 6.45) is -4.59. The molecule has 0 aliphatic heterocycles. The molecule has 1 amide bonds. The molecule has 4 aromatic rings. The lowest BCUT2D eigenvalue weighted by molar-refractivity contribution is -0.137. The molecule has 0 unspecified atom stereocenters. The van der Waals surface area contributed by atoms with Gasteiger partial charge in [0.1, 0.15) is 16.6 Å². The van der Waals surface area contributed by atoms with Gasteiger partial charge < -0.3 is 10.6 Å². The molecule has 0 aliphatic rings. The van der Waals surface area contributed by atoms with Gasteiger partial charge in [-0.25, -0.2) is 4.98 Å². The van der Waals surface area contributed by atoms with Gasteiger partial charge in [0.2, 0.25) is 5.91 Å². The van der Waals surface area contributed by atoms with Crippen molar-refractivity contribution in [1.82, 2.24) is 4.98 Å². The summed E-state index contributed by atoms with van der Waals surface area (Å²) in [5.41, 5.74) is 1.32. The molecule has 4 rings (SSSR count). The summed E-state index contributed by atoms with van der Waals surface area (Å²) in [6.45, 7) is 1.85. The third-order valence-corrected chi connectivity index (χ3v) is 7.54. The normalized spacial score (nSPS) is 12.1. The number of anilines is 2. The third-order valence-electron chi connectivity index (χ3n) is 5.16. The number of para-hydroxylation sites is 2. The average molecular weight is 559 g/mol. The van der Waals surface area contributed by atoms with E-state index in [4.69, 9.17) is 11.6 Å². The number of allylic oxidation sites excluding steroid dienone is 1. The number of carbonyl (C=O) groups excluding carboxylic acids is 1. The first-order valence-electron chi connectivity index (χ1n) is 10.8. The van der Waals surface area contributed by atoms with Crippen LogP contribution in [0.15, 0.2) is 71.8 Å². The van der Waals surface area contributed by atoms with E-state index in [-0.39, 0.29) is 33.0 Å². The number of aromatic nitrogens is 1. The van der Waals surface area contributed by atoms with Gasteiger partial charge in [-0.2, -0.15) is 18.4 Å². The van der Waals surface area contributed by atoms with Crippen LogP contribution in [0.3, 0.4) is 0 Å². The standard InChI is InChI=1S/C26H18ClF3N4OS2/c1-15-6-2-3-7-19(15)32-23(35)14-36-24(34-21-12-16(26(28,29)30)10-11-18(21)27)17(13-31)25-33-20-8-4-5-9-22(20)37-25/h2-12,34H,14H2,1H3,(H,32,35)/b24-17+. The Bertz CT molecular complexity index is 1510. The van der Waals surface area contributed by atoms with Gasteiger partial charge in [-0.3, -0.25) is 4.79 Å². The van der Waals surface area contributed by atoms with Crippen molar-refractivity contribution in [3.8, 4) is 6.07 Å². The Morgan fingerprint density at radius 1 is 1.08 bits per heavy atom. The van der Waals surface area contributed by atoms with Crippen molar-refractivity contribution >= 4 is 67.8 Å². The van der Waals surface area contributed by atoms with Gasteiger partial charge in [0.05, 0.1) is 37.3 Å². The number of halogens is 4. The minimum absolute atomic E-state index is 0.0250. The number of amides is 1. The van der Waals surface area contributed by atoms with Crippen LogP contribution in [0.2, 0.25) is 5.02 Å². The number of nitrogens with zero attached hydrogens (tertiary/aromatic N) is 2. The number of hydrogen-bond acceptors (Lipinski definition) is 6. The zero-order valence-corrected chi connectivity index (χ0v) is 21.6. The van der Waals surface area contributed by atoms with E-state index in [9.17, 15) is 23.2 Å². The smallest absolute Gasteiger partial charge is 0.348 e. The molecule has 0 saturated carbocycles. The summed E-state index contributed by atoms with van der Waals surface area (Å²) >= 11 is 8.43. The van der Waals surface area contributed by atoms with Gasteiger partial charge in [0, 0.05) is 5.69 Å². The number of nitriles is 1.